The third-order valence-electron chi connectivity index (χ3n) is 2.63. The molecule has 82 valence electrons. The van der Waals surface area contributed by atoms with Crippen LogP contribution in [0.25, 0.3) is 0 Å². The number of hydrogen-bond acceptors (Lipinski definition) is 3. The van der Waals surface area contributed by atoms with Gasteiger partial charge in [0.25, 0.3) is 0 Å². The molecular formula is C10H20N2O2. The SMILES string of the molecule is CC(=O)NCCNC1CCCCC1O. The Balaban J connectivity index is 2.07. The Labute approximate surface area is 85.1 Å². The average molecular weight is 200 g/mol. The standard InChI is InChI=1S/C10H20N2O2/c1-8(13)11-6-7-12-9-4-2-3-5-10(9)14/h9-10,12,14H,2-7H2,1H3,(H,11,13). The predicted octanol–water partition coefficient (Wildman–Crippen LogP) is 0.0156. The predicted molar refractivity (Wildman–Crippen MR) is 54.9 cm³/mol. The second kappa shape index (κ2) is 5.98. The van der Waals surface area contributed by atoms with E-state index in [1.54, 1.807) is 0 Å². The van der Waals surface area contributed by atoms with Gasteiger partial charge in [-0.05, 0) is 12.8 Å². The van der Waals surface area contributed by atoms with Crippen LogP contribution < -0.4 is 10.6 Å². The number of hydrogen-bond donors (Lipinski definition) is 3. The van der Waals surface area contributed by atoms with Crippen molar-refractivity contribution in [2.24, 2.45) is 0 Å². The quantitative estimate of drug-likeness (QED) is 0.560. The molecule has 0 aromatic heterocycles. The molecule has 1 rings (SSSR count). The first-order valence-electron chi connectivity index (χ1n) is 5.36. The van der Waals surface area contributed by atoms with E-state index in [0.717, 1.165) is 25.8 Å². The number of aliphatic hydroxyl groups is 1. The van der Waals surface area contributed by atoms with Gasteiger partial charge in [-0.25, -0.2) is 0 Å². The molecule has 0 spiro atoms. The molecule has 1 aliphatic rings. The number of carbonyl (C=O) groups is 1. The summed E-state index contributed by atoms with van der Waals surface area (Å²) in [4.78, 5) is 10.6. The summed E-state index contributed by atoms with van der Waals surface area (Å²) in [5, 5.41) is 15.6. The summed E-state index contributed by atoms with van der Waals surface area (Å²) in [6.45, 7) is 2.88. The van der Waals surface area contributed by atoms with Crippen LogP contribution in [0.3, 0.4) is 0 Å². The van der Waals surface area contributed by atoms with Crippen molar-refractivity contribution in [1.82, 2.24) is 10.6 Å². The summed E-state index contributed by atoms with van der Waals surface area (Å²) in [5.74, 6) is -0.00371. The molecule has 0 heterocycles. The first kappa shape index (κ1) is 11.5. The van der Waals surface area contributed by atoms with Crippen molar-refractivity contribution in [3.8, 4) is 0 Å². The molecule has 1 aliphatic carbocycles. The van der Waals surface area contributed by atoms with Crippen LogP contribution in [0.15, 0.2) is 0 Å². The Morgan fingerprint density at radius 3 is 2.71 bits per heavy atom. The fourth-order valence-electron chi connectivity index (χ4n) is 1.85. The topological polar surface area (TPSA) is 61.4 Å². The van der Waals surface area contributed by atoms with Crippen molar-refractivity contribution in [2.45, 2.75) is 44.8 Å². The van der Waals surface area contributed by atoms with E-state index < -0.39 is 0 Å². The van der Waals surface area contributed by atoms with Crippen molar-refractivity contribution >= 4 is 5.91 Å². The lowest BCUT2D eigenvalue weighted by Crippen LogP contribution is -2.44. The van der Waals surface area contributed by atoms with Crippen molar-refractivity contribution in [3.05, 3.63) is 0 Å². The molecule has 3 N–H and O–H groups in total. The van der Waals surface area contributed by atoms with Crippen LogP contribution in [-0.4, -0.2) is 36.2 Å². The molecule has 0 saturated heterocycles. The van der Waals surface area contributed by atoms with Gasteiger partial charge in [-0.15, -0.1) is 0 Å². The molecule has 0 aliphatic heterocycles. The van der Waals surface area contributed by atoms with Gasteiger partial charge in [-0.1, -0.05) is 12.8 Å². The highest BCUT2D eigenvalue weighted by Gasteiger charge is 2.21. The molecular weight excluding hydrogens is 180 g/mol. The molecule has 4 nitrogen and oxygen atoms in total. The van der Waals surface area contributed by atoms with Crippen LogP contribution >= 0.6 is 0 Å². The number of aliphatic hydroxyl groups excluding tert-OH is 1. The molecule has 4 heteroatoms. The number of amides is 1. The van der Waals surface area contributed by atoms with E-state index >= 15 is 0 Å². The Morgan fingerprint density at radius 2 is 2.07 bits per heavy atom. The van der Waals surface area contributed by atoms with Crippen LogP contribution in [-0.2, 0) is 4.79 Å². The molecule has 1 fully saturated rings. The summed E-state index contributed by atoms with van der Waals surface area (Å²) < 4.78 is 0. The third-order valence-corrected chi connectivity index (χ3v) is 2.63. The van der Waals surface area contributed by atoms with Gasteiger partial charge in [0, 0.05) is 26.1 Å². The minimum Gasteiger partial charge on any atom is -0.392 e. The van der Waals surface area contributed by atoms with Gasteiger partial charge in [-0.3, -0.25) is 4.79 Å². The molecule has 2 unspecified atom stereocenters. The highest BCUT2D eigenvalue weighted by molar-refractivity contribution is 5.72. The van der Waals surface area contributed by atoms with Gasteiger partial charge in [0.05, 0.1) is 6.10 Å². The third kappa shape index (κ3) is 4.07. The van der Waals surface area contributed by atoms with Crippen molar-refractivity contribution in [1.29, 1.82) is 0 Å². The van der Waals surface area contributed by atoms with E-state index in [-0.39, 0.29) is 18.1 Å². The molecule has 0 bridgehead atoms. The normalized spacial score (nSPS) is 27.3. The van der Waals surface area contributed by atoms with E-state index in [4.69, 9.17) is 0 Å². The van der Waals surface area contributed by atoms with Gasteiger partial charge in [0.1, 0.15) is 0 Å². The Kier molecular flexibility index (Phi) is 4.90. The van der Waals surface area contributed by atoms with Crippen molar-refractivity contribution < 1.29 is 9.90 Å². The Bertz CT molecular complexity index is 185. The average Bonchev–Trinajstić information content (AvgIpc) is 2.15. The van der Waals surface area contributed by atoms with Crippen LogP contribution in [0.2, 0.25) is 0 Å². The smallest absolute Gasteiger partial charge is 0.216 e. The fourth-order valence-corrected chi connectivity index (χ4v) is 1.85. The fraction of sp³-hybridized carbons (Fsp3) is 0.900. The van der Waals surface area contributed by atoms with Crippen LogP contribution in [0, 0.1) is 0 Å². The lowest BCUT2D eigenvalue weighted by atomic mass is 9.93. The van der Waals surface area contributed by atoms with Crippen LogP contribution in [0.1, 0.15) is 32.6 Å². The zero-order chi connectivity index (χ0) is 10.4. The minimum atomic E-state index is -0.207. The van der Waals surface area contributed by atoms with E-state index in [2.05, 4.69) is 10.6 Å². The molecule has 0 radical (unpaired) electrons. The van der Waals surface area contributed by atoms with Gasteiger partial charge >= 0.3 is 0 Å². The highest BCUT2D eigenvalue weighted by atomic mass is 16.3. The number of rotatable bonds is 4. The zero-order valence-corrected chi connectivity index (χ0v) is 8.75. The van der Waals surface area contributed by atoms with E-state index in [0.29, 0.717) is 6.54 Å². The summed E-state index contributed by atoms with van der Waals surface area (Å²) in [6, 6.07) is 0.220. The number of nitrogens with one attached hydrogen (secondary N) is 2. The van der Waals surface area contributed by atoms with E-state index in [1.165, 1.54) is 13.3 Å². The van der Waals surface area contributed by atoms with Gasteiger partial charge in [-0.2, -0.15) is 0 Å². The summed E-state index contributed by atoms with van der Waals surface area (Å²) in [6.07, 6.45) is 4.06. The summed E-state index contributed by atoms with van der Waals surface area (Å²) >= 11 is 0. The second-order valence-corrected chi connectivity index (χ2v) is 3.90. The second-order valence-electron chi connectivity index (χ2n) is 3.90. The Morgan fingerprint density at radius 1 is 1.36 bits per heavy atom. The maximum atomic E-state index is 10.6. The van der Waals surface area contributed by atoms with E-state index in [9.17, 15) is 9.90 Å². The van der Waals surface area contributed by atoms with Crippen molar-refractivity contribution in [2.75, 3.05) is 13.1 Å². The van der Waals surface area contributed by atoms with Crippen molar-refractivity contribution in [3.63, 3.8) is 0 Å². The largest absolute Gasteiger partial charge is 0.392 e. The monoisotopic (exact) mass is 200 g/mol. The van der Waals surface area contributed by atoms with E-state index in [1.807, 2.05) is 0 Å². The first-order chi connectivity index (χ1) is 6.70. The molecule has 1 amide bonds. The maximum Gasteiger partial charge on any atom is 0.216 e. The molecule has 14 heavy (non-hydrogen) atoms. The summed E-state index contributed by atoms with van der Waals surface area (Å²) in [5.41, 5.74) is 0. The lowest BCUT2D eigenvalue weighted by molar-refractivity contribution is -0.118. The van der Waals surface area contributed by atoms with Crippen LogP contribution in [0.4, 0.5) is 0 Å². The molecule has 0 aromatic carbocycles. The number of carbonyl (C=O) groups excluding carboxylic acids is 1. The molecule has 1 saturated carbocycles. The van der Waals surface area contributed by atoms with Gasteiger partial charge in [0.15, 0.2) is 0 Å². The lowest BCUT2D eigenvalue weighted by Gasteiger charge is -2.28. The van der Waals surface area contributed by atoms with Crippen LogP contribution in [0.5, 0.6) is 0 Å². The molecule has 0 aromatic rings. The highest BCUT2D eigenvalue weighted by Crippen LogP contribution is 2.17. The zero-order valence-electron chi connectivity index (χ0n) is 8.75. The minimum absolute atomic E-state index is 0.00371. The summed E-state index contributed by atoms with van der Waals surface area (Å²) in [7, 11) is 0. The maximum absolute atomic E-state index is 10.6. The Hall–Kier alpha value is -0.610. The van der Waals surface area contributed by atoms with Gasteiger partial charge in [0.2, 0.25) is 5.91 Å². The van der Waals surface area contributed by atoms with Gasteiger partial charge < -0.3 is 15.7 Å². The molecule has 2 atom stereocenters. The first-order valence-corrected chi connectivity index (χ1v) is 5.36.